The van der Waals surface area contributed by atoms with E-state index in [0.29, 0.717) is 41.1 Å². The van der Waals surface area contributed by atoms with Crippen molar-refractivity contribution in [2.75, 3.05) is 20.3 Å². The topological polar surface area (TPSA) is 112 Å². The number of pyridine rings is 2. The number of hydrogen-bond acceptors (Lipinski definition) is 6. The third-order valence-corrected chi connectivity index (χ3v) is 10.8. The fourth-order valence-corrected chi connectivity index (χ4v) is 7.56. The Morgan fingerprint density at radius 3 is 2.61 bits per heavy atom. The summed E-state index contributed by atoms with van der Waals surface area (Å²) in [5.41, 5.74) is 2.53. The van der Waals surface area contributed by atoms with Gasteiger partial charge < -0.3 is 19.0 Å². The lowest BCUT2D eigenvalue weighted by Gasteiger charge is -2.37. The minimum absolute atomic E-state index is 0.0293. The summed E-state index contributed by atoms with van der Waals surface area (Å²) in [6.07, 6.45) is 7.97. The van der Waals surface area contributed by atoms with Crippen molar-refractivity contribution in [1.29, 1.82) is 0 Å². The first-order valence-electron chi connectivity index (χ1n) is 12.9. The number of ether oxygens (including phenoxy) is 2. The molecule has 0 fully saturated rings. The van der Waals surface area contributed by atoms with Crippen LogP contribution in [0.5, 0.6) is 5.75 Å². The van der Waals surface area contributed by atoms with E-state index in [4.69, 9.17) is 21.1 Å². The van der Waals surface area contributed by atoms with E-state index in [1.807, 2.05) is 24.3 Å². The molecule has 5 rings (SSSR count). The molecule has 3 heterocycles. The van der Waals surface area contributed by atoms with Gasteiger partial charge in [-0.1, -0.05) is 24.3 Å². The van der Waals surface area contributed by atoms with Crippen molar-refractivity contribution in [3.63, 3.8) is 0 Å². The molecule has 0 bridgehead atoms. The molecule has 9 nitrogen and oxygen atoms in total. The van der Waals surface area contributed by atoms with Crippen LogP contribution in [0.3, 0.4) is 0 Å². The smallest absolute Gasteiger partial charge is 0.273 e. The Hall–Kier alpha value is -3.86. The second-order valence-electron chi connectivity index (χ2n) is 10.1. The van der Waals surface area contributed by atoms with Gasteiger partial charge in [0.05, 0.1) is 12.0 Å². The molecule has 1 aliphatic carbocycles. The van der Waals surface area contributed by atoms with Crippen molar-refractivity contribution in [1.82, 2.24) is 13.5 Å². The number of methoxy groups -OCH3 is 1. The van der Waals surface area contributed by atoms with Gasteiger partial charge in [0.15, 0.2) is 0 Å². The van der Waals surface area contributed by atoms with E-state index in [2.05, 4.69) is 4.98 Å². The number of fused-ring (bicyclic) bond motifs is 1. The van der Waals surface area contributed by atoms with E-state index < -0.39 is 25.7 Å². The number of benzene rings is 1. The molecule has 0 amide bonds. The summed E-state index contributed by atoms with van der Waals surface area (Å²) in [5, 5.41) is -0.521. The number of aryl methyl sites for hydroxylation is 1. The van der Waals surface area contributed by atoms with Crippen LogP contribution < -0.4 is 15.9 Å². The lowest BCUT2D eigenvalue weighted by molar-refractivity contribution is 0.146. The fraction of sp³-hybridized carbons (Fsp3) is 0.267. The van der Waals surface area contributed by atoms with E-state index >= 15 is 0 Å². The highest BCUT2D eigenvalue weighted by Crippen LogP contribution is 2.43. The van der Waals surface area contributed by atoms with E-state index in [9.17, 15) is 18.0 Å². The molecule has 4 aromatic rings. The van der Waals surface area contributed by atoms with Crippen molar-refractivity contribution in [3.05, 3.63) is 105 Å². The number of aromatic nitrogens is 3. The number of rotatable bonds is 8. The Morgan fingerprint density at radius 2 is 1.88 bits per heavy atom. The van der Waals surface area contributed by atoms with Crippen LogP contribution in [0.2, 0.25) is 0 Å². The van der Waals surface area contributed by atoms with Gasteiger partial charge in [0, 0.05) is 49.8 Å². The van der Waals surface area contributed by atoms with Gasteiger partial charge in [-0.05, 0) is 60.4 Å². The van der Waals surface area contributed by atoms with Gasteiger partial charge in [-0.2, -0.15) is 0 Å². The molecule has 1 aliphatic rings. The maximum Gasteiger partial charge on any atom is 0.273 e. The summed E-state index contributed by atoms with van der Waals surface area (Å²) in [5.74, 6) is 0.645. The van der Waals surface area contributed by atoms with Crippen LogP contribution in [0.25, 0.3) is 27.6 Å². The van der Waals surface area contributed by atoms with Crippen molar-refractivity contribution in [3.8, 4) is 16.9 Å². The zero-order chi connectivity index (χ0) is 29.5. The minimum Gasteiger partial charge on any atom is -0.491 e. The van der Waals surface area contributed by atoms with Gasteiger partial charge in [0.1, 0.15) is 22.6 Å². The van der Waals surface area contributed by atoms with Gasteiger partial charge in [-0.3, -0.25) is 9.59 Å². The van der Waals surface area contributed by atoms with E-state index in [1.165, 1.54) is 23.0 Å². The number of nitrogens with one attached hydrogen (secondary N) is 1. The third kappa shape index (κ3) is 4.86. The summed E-state index contributed by atoms with van der Waals surface area (Å²) >= 11 is 6.91. The molecule has 0 spiro atoms. The molecular weight excluding hydrogens is 566 g/mol. The predicted molar refractivity (Wildman–Crippen MR) is 161 cm³/mol. The molecule has 0 radical (unpaired) electrons. The highest BCUT2D eigenvalue weighted by atomic mass is 35.5. The summed E-state index contributed by atoms with van der Waals surface area (Å²) in [7, 11) is -0.935. The van der Waals surface area contributed by atoms with Crippen molar-refractivity contribution in [2.24, 2.45) is 7.05 Å². The summed E-state index contributed by atoms with van der Waals surface area (Å²) in [6.45, 7) is 4.07. The number of allylic oxidation sites excluding steroid dienone is 3. The SMILES string of the molecule is COCCOc1cccc(-c2cn(C)c(=O)cc2C2=CC(Cl)C(C)(S(=O)(=O)n3ccc4cc[nH]c(=O)c43)C(C)=C2)c1. The standard InChI is InChI=1S/C30H30ClN3O6S/c1-19-14-22(16-26(31)30(19,2)41(37,38)34-11-9-20-8-10-32-29(36)28(20)34)24-17-27(35)33(3)18-25(24)21-6-5-7-23(15-21)40-13-12-39-4/h5-11,14-18,26H,12-13H2,1-4H3,(H,32,36). The zero-order valence-corrected chi connectivity index (χ0v) is 24.6. The summed E-state index contributed by atoms with van der Waals surface area (Å²) in [6, 6.07) is 12.2. The Kier molecular flexibility index (Phi) is 7.58. The summed E-state index contributed by atoms with van der Waals surface area (Å²) in [4.78, 5) is 27.9. The van der Waals surface area contributed by atoms with E-state index in [0.717, 1.165) is 15.1 Å². The lowest BCUT2D eigenvalue weighted by Crippen LogP contribution is -2.48. The molecule has 41 heavy (non-hydrogen) atoms. The molecule has 1 N–H and O–H groups in total. The van der Waals surface area contributed by atoms with Crippen LogP contribution in [-0.4, -0.2) is 52.4 Å². The maximum absolute atomic E-state index is 14.1. The first kappa shape index (κ1) is 28.7. The summed E-state index contributed by atoms with van der Waals surface area (Å²) < 4.78 is 40.0. The number of alkyl halides is 1. The maximum atomic E-state index is 14.1. The third-order valence-electron chi connectivity index (χ3n) is 7.62. The number of halogens is 1. The molecule has 214 valence electrons. The normalized spacial score (nSPS) is 19.2. The predicted octanol–water partition coefficient (Wildman–Crippen LogP) is 4.31. The minimum atomic E-state index is -4.21. The van der Waals surface area contributed by atoms with Gasteiger partial charge in [0.25, 0.3) is 11.1 Å². The Balaban J connectivity index is 1.60. The number of H-pyrrole nitrogens is 1. The second kappa shape index (κ2) is 10.8. The van der Waals surface area contributed by atoms with Crippen LogP contribution >= 0.6 is 11.6 Å². The molecular formula is C30H30ClN3O6S. The van der Waals surface area contributed by atoms with Crippen molar-refractivity contribution in [2.45, 2.75) is 24.0 Å². The highest BCUT2D eigenvalue weighted by Gasteiger charge is 2.49. The quantitative estimate of drug-likeness (QED) is 0.240. The molecule has 2 atom stereocenters. The van der Waals surface area contributed by atoms with Crippen LogP contribution in [-0.2, 0) is 21.8 Å². The monoisotopic (exact) mass is 595 g/mol. The number of hydrogen-bond donors (Lipinski definition) is 1. The van der Waals surface area contributed by atoms with Gasteiger partial charge >= 0.3 is 0 Å². The first-order valence-corrected chi connectivity index (χ1v) is 14.8. The fourth-order valence-electron chi connectivity index (χ4n) is 5.04. The largest absolute Gasteiger partial charge is 0.491 e. The molecule has 0 saturated carbocycles. The Morgan fingerprint density at radius 1 is 1.10 bits per heavy atom. The molecule has 1 aromatic carbocycles. The first-order chi connectivity index (χ1) is 19.5. The van der Waals surface area contributed by atoms with Gasteiger partial charge in [-0.15, -0.1) is 11.6 Å². The molecule has 11 heteroatoms. The van der Waals surface area contributed by atoms with E-state index in [-0.39, 0.29) is 11.1 Å². The van der Waals surface area contributed by atoms with Crippen LogP contribution in [0.4, 0.5) is 0 Å². The molecule has 2 unspecified atom stereocenters. The average Bonchev–Trinajstić information content (AvgIpc) is 3.39. The van der Waals surface area contributed by atoms with Crippen LogP contribution in [0.15, 0.2) is 88.4 Å². The number of aromatic amines is 1. The molecule has 0 aliphatic heterocycles. The second-order valence-corrected chi connectivity index (χ2v) is 12.8. The van der Waals surface area contributed by atoms with Crippen molar-refractivity contribution < 1.29 is 17.9 Å². The van der Waals surface area contributed by atoms with Crippen molar-refractivity contribution >= 4 is 38.1 Å². The zero-order valence-electron chi connectivity index (χ0n) is 23.0. The van der Waals surface area contributed by atoms with Gasteiger partial charge in [-0.25, -0.2) is 12.4 Å². The van der Waals surface area contributed by atoms with E-state index in [1.54, 1.807) is 58.5 Å². The van der Waals surface area contributed by atoms with Gasteiger partial charge in [0.2, 0.25) is 10.0 Å². The molecule has 0 saturated heterocycles. The highest BCUT2D eigenvalue weighted by molar-refractivity contribution is 7.91. The van der Waals surface area contributed by atoms with Crippen LogP contribution in [0.1, 0.15) is 19.4 Å². The average molecular weight is 596 g/mol. The van der Waals surface area contributed by atoms with Crippen LogP contribution in [0, 0.1) is 0 Å². The Labute approximate surface area is 242 Å². The lowest BCUT2D eigenvalue weighted by atomic mass is 9.85. The number of nitrogens with zero attached hydrogens (tertiary/aromatic N) is 2. The molecule has 3 aromatic heterocycles. The Bertz CT molecular complexity index is 1940.